The Morgan fingerprint density at radius 1 is 1.19 bits per heavy atom. The highest BCUT2D eigenvalue weighted by Crippen LogP contribution is 2.27. The number of hydrogen-bond acceptors (Lipinski definition) is 4. The van der Waals surface area contributed by atoms with Gasteiger partial charge in [-0.2, -0.15) is 13.2 Å². The maximum atomic E-state index is 13.5. The lowest BCUT2D eigenvalue weighted by Gasteiger charge is -2.35. The van der Waals surface area contributed by atoms with Gasteiger partial charge in [-0.25, -0.2) is 9.18 Å². The minimum absolute atomic E-state index is 0. The number of hydrogen-bond donors (Lipinski definition) is 1. The van der Waals surface area contributed by atoms with Crippen LogP contribution in [0.4, 0.5) is 28.0 Å². The van der Waals surface area contributed by atoms with E-state index in [-0.39, 0.29) is 37.8 Å². The van der Waals surface area contributed by atoms with Crippen LogP contribution in [0.3, 0.4) is 0 Å². The van der Waals surface area contributed by atoms with Crippen LogP contribution in [-0.4, -0.2) is 49.5 Å². The van der Waals surface area contributed by atoms with Crippen LogP contribution in [0.15, 0.2) is 48.5 Å². The monoisotopic (exact) mass is 482 g/mol. The number of morpholine rings is 1. The Kier molecular flexibility index (Phi) is 8.93. The molecule has 1 aliphatic rings. The quantitative estimate of drug-likeness (QED) is 0.575. The zero-order chi connectivity index (χ0) is 21.7. The molecule has 1 heterocycles. The van der Waals surface area contributed by atoms with Crippen molar-refractivity contribution in [3.05, 3.63) is 64.9 Å². The number of amides is 1. The van der Waals surface area contributed by atoms with Crippen LogP contribution in [0.5, 0.6) is 0 Å². The van der Waals surface area contributed by atoms with Crippen LogP contribution in [0, 0.1) is 5.82 Å². The number of nitrogens with zero attached hydrogens (tertiary/aromatic N) is 1. The average molecular weight is 483 g/mol. The first-order chi connectivity index (χ1) is 14.2. The van der Waals surface area contributed by atoms with Gasteiger partial charge in [-0.05, 0) is 42.0 Å². The van der Waals surface area contributed by atoms with Crippen molar-refractivity contribution >= 4 is 35.8 Å². The van der Waals surface area contributed by atoms with Gasteiger partial charge in [0, 0.05) is 30.3 Å². The lowest BCUT2D eigenvalue weighted by molar-refractivity contribution is -0.209. The van der Waals surface area contributed by atoms with Crippen molar-refractivity contribution < 1.29 is 31.8 Å². The molecule has 0 aliphatic carbocycles. The maximum Gasteiger partial charge on any atom is 0.426 e. The molecule has 5 nitrogen and oxygen atoms in total. The van der Waals surface area contributed by atoms with Crippen LogP contribution in [0.25, 0.3) is 0 Å². The second kappa shape index (κ2) is 11.0. The van der Waals surface area contributed by atoms with Gasteiger partial charge in [-0.15, -0.1) is 12.4 Å². The standard InChI is InChI=1S/C20H19ClF4N2O3.ClH/c21-14-3-7-16(8-4-14)26-19(28)30-18(20(23,24)25)12-27-9-10-29-17(11-27)13-1-5-15(22)6-2-13;/h1-8,17-18H,9-12H2,(H,26,28);1H/t17?,18-;/m0./s1. The fourth-order valence-corrected chi connectivity index (χ4v) is 3.13. The minimum atomic E-state index is -4.75. The molecule has 0 aromatic heterocycles. The zero-order valence-electron chi connectivity index (χ0n) is 16.1. The Morgan fingerprint density at radius 3 is 2.45 bits per heavy atom. The molecule has 0 spiro atoms. The van der Waals surface area contributed by atoms with Gasteiger partial charge >= 0.3 is 12.3 Å². The number of anilines is 1. The van der Waals surface area contributed by atoms with Crippen LogP contribution in [-0.2, 0) is 9.47 Å². The van der Waals surface area contributed by atoms with E-state index in [2.05, 4.69) is 10.1 Å². The first-order valence-corrected chi connectivity index (χ1v) is 9.48. The lowest BCUT2D eigenvalue weighted by atomic mass is 10.1. The number of ether oxygens (including phenoxy) is 2. The second-order valence-electron chi connectivity index (χ2n) is 6.74. The van der Waals surface area contributed by atoms with Crippen molar-refractivity contribution in [2.75, 3.05) is 31.6 Å². The molecular weight excluding hydrogens is 463 g/mol. The molecule has 3 rings (SSSR count). The van der Waals surface area contributed by atoms with E-state index < -0.39 is 36.8 Å². The Bertz CT molecular complexity index is 851. The van der Waals surface area contributed by atoms with Gasteiger partial charge in [0.1, 0.15) is 5.82 Å². The SMILES string of the molecule is Cl.O=C(Nc1ccc(Cl)cc1)O[C@@H](CN1CCOC(c2ccc(F)cc2)C1)C(F)(F)F. The summed E-state index contributed by atoms with van der Waals surface area (Å²) in [6.45, 7) is 0.0506. The fraction of sp³-hybridized carbons (Fsp3) is 0.350. The predicted octanol–water partition coefficient (Wildman–Crippen LogP) is 5.45. The molecule has 1 amide bonds. The van der Waals surface area contributed by atoms with Crippen LogP contribution in [0.1, 0.15) is 11.7 Å². The first kappa shape index (κ1) is 25.2. The van der Waals surface area contributed by atoms with Crippen LogP contribution in [0.2, 0.25) is 5.02 Å². The third kappa shape index (κ3) is 7.53. The summed E-state index contributed by atoms with van der Waals surface area (Å²) in [6.07, 6.45) is -8.79. The highest BCUT2D eigenvalue weighted by atomic mass is 35.5. The lowest BCUT2D eigenvalue weighted by Crippen LogP contribution is -2.48. The summed E-state index contributed by atoms with van der Waals surface area (Å²) in [6, 6.07) is 11.5. The number of benzene rings is 2. The normalized spacial score (nSPS) is 18.0. The summed E-state index contributed by atoms with van der Waals surface area (Å²) < 4.78 is 63.8. The van der Waals surface area contributed by atoms with E-state index in [0.717, 1.165) is 0 Å². The average Bonchev–Trinajstić information content (AvgIpc) is 2.69. The minimum Gasteiger partial charge on any atom is -0.435 e. The van der Waals surface area contributed by atoms with Gasteiger partial charge in [0.05, 0.1) is 12.7 Å². The molecule has 2 atom stereocenters. The molecule has 1 saturated heterocycles. The Hall–Kier alpha value is -2.07. The number of carbonyl (C=O) groups excluding carboxylic acids is 1. The van der Waals surface area contributed by atoms with E-state index in [1.54, 1.807) is 0 Å². The van der Waals surface area contributed by atoms with E-state index in [1.165, 1.54) is 53.4 Å². The van der Waals surface area contributed by atoms with Gasteiger partial charge in [-0.3, -0.25) is 10.2 Å². The number of carbonyl (C=O) groups is 1. The Morgan fingerprint density at radius 2 is 1.84 bits per heavy atom. The molecule has 1 aliphatic heterocycles. The van der Waals surface area contributed by atoms with Gasteiger partial charge in [0.15, 0.2) is 0 Å². The number of halogens is 6. The van der Waals surface area contributed by atoms with E-state index in [0.29, 0.717) is 10.6 Å². The smallest absolute Gasteiger partial charge is 0.426 e. The number of alkyl halides is 3. The molecular formula is C20H20Cl2F4N2O3. The highest BCUT2D eigenvalue weighted by molar-refractivity contribution is 6.30. The summed E-state index contributed by atoms with van der Waals surface area (Å²) in [5.74, 6) is -0.413. The second-order valence-corrected chi connectivity index (χ2v) is 7.17. The zero-order valence-corrected chi connectivity index (χ0v) is 17.6. The van der Waals surface area contributed by atoms with Crippen molar-refractivity contribution in [3.63, 3.8) is 0 Å². The molecule has 0 bridgehead atoms. The molecule has 0 radical (unpaired) electrons. The van der Waals surface area contributed by atoms with E-state index in [4.69, 9.17) is 16.3 Å². The van der Waals surface area contributed by atoms with Crippen molar-refractivity contribution in [2.45, 2.75) is 18.4 Å². The van der Waals surface area contributed by atoms with Gasteiger partial charge in [-0.1, -0.05) is 23.7 Å². The van der Waals surface area contributed by atoms with Crippen molar-refractivity contribution in [1.82, 2.24) is 4.90 Å². The summed E-state index contributed by atoms with van der Waals surface area (Å²) in [5.41, 5.74) is 0.916. The van der Waals surface area contributed by atoms with Gasteiger partial charge < -0.3 is 9.47 Å². The van der Waals surface area contributed by atoms with Crippen LogP contribution >= 0.6 is 24.0 Å². The van der Waals surface area contributed by atoms with E-state index >= 15 is 0 Å². The maximum absolute atomic E-state index is 13.5. The largest absolute Gasteiger partial charge is 0.435 e. The summed E-state index contributed by atoms with van der Waals surface area (Å²) in [5, 5.41) is 2.67. The van der Waals surface area contributed by atoms with Gasteiger partial charge in [0.25, 0.3) is 0 Å². The molecule has 170 valence electrons. The summed E-state index contributed by atoms with van der Waals surface area (Å²) in [4.78, 5) is 13.5. The number of rotatable bonds is 5. The van der Waals surface area contributed by atoms with Crippen molar-refractivity contribution in [1.29, 1.82) is 0 Å². The third-order valence-electron chi connectivity index (χ3n) is 4.52. The molecule has 31 heavy (non-hydrogen) atoms. The Balaban J connectivity index is 0.00000341. The number of nitrogens with one attached hydrogen (secondary N) is 1. The predicted molar refractivity (Wildman–Crippen MR) is 110 cm³/mol. The molecule has 2 aromatic rings. The third-order valence-corrected chi connectivity index (χ3v) is 4.77. The summed E-state index contributed by atoms with van der Waals surface area (Å²) >= 11 is 5.74. The highest BCUT2D eigenvalue weighted by Gasteiger charge is 2.44. The molecule has 11 heteroatoms. The van der Waals surface area contributed by atoms with Crippen molar-refractivity contribution in [3.8, 4) is 0 Å². The van der Waals surface area contributed by atoms with Crippen LogP contribution < -0.4 is 5.32 Å². The Labute approximate surface area is 187 Å². The topological polar surface area (TPSA) is 50.8 Å². The van der Waals surface area contributed by atoms with Crippen molar-refractivity contribution in [2.24, 2.45) is 0 Å². The first-order valence-electron chi connectivity index (χ1n) is 9.10. The molecule has 1 fully saturated rings. The fourth-order valence-electron chi connectivity index (χ4n) is 3.00. The molecule has 1 unspecified atom stereocenters. The summed E-state index contributed by atoms with van der Waals surface area (Å²) in [7, 11) is 0. The van der Waals surface area contributed by atoms with Gasteiger partial charge in [0.2, 0.25) is 6.10 Å². The molecule has 1 N–H and O–H groups in total. The van der Waals surface area contributed by atoms with E-state index in [9.17, 15) is 22.4 Å². The molecule has 2 aromatic carbocycles. The van der Waals surface area contributed by atoms with E-state index in [1.807, 2.05) is 0 Å². The molecule has 0 saturated carbocycles.